The van der Waals surface area contributed by atoms with E-state index in [0.29, 0.717) is 19.8 Å². The highest BCUT2D eigenvalue weighted by Gasteiger charge is 2.34. The molecule has 0 bridgehead atoms. The number of likely N-dealkylation sites (N-methyl/N-ethyl adjacent to an activating group) is 1. The van der Waals surface area contributed by atoms with Crippen LogP contribution in [-0.2, 0) is 9.47 Å². The van der Waals surface area contributed by atoms with Crippen molar-refractivity contribution in [3.05, 3.63) is 29.8 Å². The fraction of sp³-hybridized carbons (Fsp3) is 0.571. The smallest absolute Gasteiger partial charge is 0.124 e. The van der Waals surface area contributed by atoms with Crippen LogP contribution in [-0.4, -0.2) is 38.6 Å². The van der Waals surface area contributed by atoms with Gasteiger partial charge in [-0.2, -0.15) is 0 Å². The molecule has 3 rings (SSSR count). The molecule has 0 saturated carbocycles. The molecule has 4 heteroatoms. The van der Waals surface area contributed by atoms with Crippen molar-refractivity contribution in [3.8, 4) is 5.75 Å². The Morgan fingerprint density at radius 1 is 1.28 bits per heavy atom. The third-order valence-electron chi connectivity index (χ3n) is 3.43. The fourth-order valence-corrected chi connectivity index (χ4v) is 2.46. The summed E-state index contributed by atoms with van der Waals surface area (Å²) in [6.07, 6.45) is 0.291. The molecule has 0 radical (unpaired) electrons. The predicted molar refractivity (Wildman–Crippen MR) is 67.8 cm³/mol. The van der Waals surface area contributed by atoms with Crippen LogP contribution in [0.25, 0.3) is 0 Å². The molecular formula is C14H19NO3. The Morgan fingerprint density at radius 2 is 2.11 bits per heavy atom. The first-order valence-corrected chi connectivity index (χ1v) is 6.56. The van der Waals surface area contributed by atoms with E-state index in [-0.39, 0.29) is 18.2 Å². The van der Waals surface area contributed by atoms with E-state index < -0.39 is 0 Å². The number of hydrogen-bond acceptors (Lipinski definition) is 4. The molecule has 2 aliphatic heterocycles. The minimum atomic E-state index is 0.0637. The molecule has 1 aromatic carbocycles. The van der Waals surface area contributed by atoms with E-state index in [1.165, 1.54) is 5.56 Å². The standard InChI is InChI=1S/C14H19NO3/c1-2-15-14-11-5-3-4-6-12(11)17-9-13(14)18-10-7-16-8-10/h3-6,10,13-15H,2,7-9H2,1H3. The highest BCUT2D eigenvalue weighted by molar-refractivity contribution is 5.38. The van der Waals surface area contributed by atoms with Crippen LogP contribution in [0.5, 0.6) is 5.75 Å². The SMILES string of the molecule is CCNC1c2ccccc2OCC1OC1COC1. The van der Waals surface area contributed by atoms with Crippen molar-refractivity contribution in [1.29, 1.82) is 0 Å². The molecule has 2 aliphatic rings. The second-order valence-corrected chi connectivity index (χ2v) is 4.72. The van der Waals surface area contributed by atoms with Crippen molar-refractivity contribution < 1.29 is 14.2 Å². The lowest BCUT2D eigenvalue weighted by atomic mass is 9.98. The number of benzene rings is 1. The normalized spacial score (nSPS) is 27.2. The summed E-state index contributed by atoms with van der Waals surface area (Å²) in [6.45, 7) is 5.04. The minimum Gasteiger partial charge on any atom is -0.490 e. The van der Waals surface area contributed by atoms with Crippen LogP contribution in [0, 0.1) is 0 Å². The van der Waals surface area contributed by atoms with Gasteiger partial charge in [-0.05, 0) is 12.6 Å². The highest BCUT2D eigenvalue weighted by atomic mass is 16.6. The van der Waals surface area contributed by atoms with Gasteiger partial charge in [-0.3, -0.25) is 0 Å². The maximum absolute atomic E-state index is 6.04. The van der Waals surface area contributed by atoms with Crippen LogP contribution in [0.1, 0.15) is 18.5 Å². The van der Waals surface area contributed by atoms with Crippen molar-refractivity contribution in [1.82, 2.24) is 5.32 Å². The molecule has 0 aromatic heterocycles. The molecule has 2 unspecified atom stereocenters. The summed E-state index contributed by atoms with van der Waals surface area (Å²) in [5.74, 6) is 0.966. The third kappa shape index (κ3) is 2.23. The Morgan fingerprint density at radius 3 is 2.83 bits per heavy atom. The van der Waals surface area contributed by atoms with E-state index in [0.717, 1.165) is 12.3 Å². The Labute approximate surface area is 107 Å². The number of para-hydroxylation sites is 1. The molecule has 4 nitrogen and oxygen atoms in total. The monoisotopic (exact) mass is 249 g/mol. The fourth-order valence-electron chi connectivity index (χ4n) is 2.46. The quantitative estimate of drug-likeness (QED) is 0.878. The maximum Gasteiger partial charge on any atom is 0.124 e. The van der Waals surface area contributed by atoms with Crippen LogP contribution in [0.2, 0.25) is 0 Å². The van der Waals surface area contributed by atoms with Crippen molar-refractivity contribution in [3.63, 3.8) is 0 Å². The van der Waals surface area contributed by atoms with Crippen LogP contribution < -0.4 is 10.1 Å². The summed E-state index contributed by atoms with van der Waals surface area (Å²) < 4.78 is 17.0. The summed E-state index contributed by atoms with van der Waals surface area (Å²) >= 11 is 0. The first kappa shape index (κ1) is 12.0. The van der Waals surface area contributed by atoms with Gasteiger partial charge in [0.2, 0.25) is 0 Å². The zero-order chi connectivity index (χ0) is 12.4. The number of hydrogen-bond donors (Lipinski definition) is 1. The molecule has 98 valence electrons. The van der Waals surface area contributed by atoms with Gasteiger partial charge in [0.15, 0.2) is 0 Å². The second kappa shape index (κ2) is 5.26. The summed E-state index contributed by atoms with van der Waals surface area (Å²) in [5, 5.41) is 3.50. The van der Waals surface area contributed by atoms with Crippen molar-refractivity contribution in [2.75, 3.05) is 26.4 Å². The predicted octanol–water partition coefficient (Wildman–Crippen LogP) is 1.51. The van der Waals surface area contributed by atoms with Crippen LogP contribution in [0.4, 0.5) is 0 Å². The summed E-state index contributed by atoms with van der Waals surface area (Å²) in [4.78, 5) is 0. The van der Waals surface area contributed by atoms with Gasteiger partial charge in [0.1, 0.15) is 24.6 Å². The van der Waals surface area contributed by atoms with Crippen molar-refractivity contribution in [2.24, 2.45) is 0 Å². The van der Waals surface area contributed by atoms with E-state index in [2.05, 4.69) is 18.3 Å². The average molecular weight is 249 g/mol. The topological polar surface area (TPSA) is 39.7 Å². The number of fused-ring (bicyclic) bond motifs is 1. The molecule has 1 aromatic rings. The van der Waals surface area contributed by atoms with E-state index in [1.54, 1.807) is 0 Å². The van der Waals surface area contributed by atoms with Gasteiger partial charge < -0.3 is 19.5 Å². The second-order valence-electron chi connectivity index (χ2n) is 4.72. The molecule has 0 aliphatic carbocycles. The Hall–Kier alpha value is -1.10. The molecule has 1 saturated heterocycles. The van der Waals surface area contributed by atoms with Crippen LogP contribution >= 0.6 is 0 Å². The zero-order valence-corrected chi connectivity index (χ0v) is 10.6. The Bertz CT molecular complexity index is 406. The summed E-state index contributed by atoms with van der Waals surface area (Å²) in [6, 6.07) is 8.38. The lowest BCUT2D eigenvalue weighted by Gasteiger charge is -2.38. The van der Waals surface area contributed by atoms with E-state index in [9.17, 15) is 0 Å². The number of nitrogens with one attached hydrogen (secondary N) is 1. The van der Waals surface area contributed by atoms with E-state index in [1.807, 2.05) is 18.2 Å². The first-order chi connectivity index (χ1) is 8.88. The highest BCUT2D eigenvalue weighted by Crippen LogP contribution is 2.34. The molecule has 2 heterocycles. The van der Waals surface area contributed by atoms with Crippen molar-refractivity contribution in [2.45, 2.75) is 25.2 Å². The molecule has 1 fully saturated rings. The third-order valence-corrected chi connectivity index (χ3v) is 3.43. The van der Waals surface area contributed by atoms with Gasteiger partial charge in [-0.15, -0.1) is 0 Å². The largest absolute Gasteiger partial charge is 0.490 e. The molecular weight excluding hydrogens is 230 g/mol. The van der Waals surface area contributed by atoms with Gasteiger partial charge >= 0.3 is 0 Å². The van der Waals surface area contributed by atoms with Gasteiger partial charge in [0, 0.05) is 5.56 Å². The van der Waals surface area contributed by atoms with Crippen LogP contribution in [0.3, 0.4) is 0 Å². The molecule has 2 atom stereocenters. The molecule has 1 N–H and O–H groups in total. The first-order valence-electron chi connectivity index (χ1n) is 6.56. The Kier molecular flexibility index (Phi) is 3.50. The molecule has 0 spiro atoms. The van der Waals surface area contributed by atoms with Crippen molar-refractivity contribution >= 4 is 0 Å². The van der Waals surface area contributed by atoms with Gasteiger partial charge in [-0.1, -0.05) is 25.1 Å². The minimum absolute atomic E-state index is 0.0637. The maximum atomic E-state index is 6.04. The van der Waals surface area contributed by atoms with Gasteiger partial charge in [0.05, 0.1) is 19.3 Å². The lowest BCUT2D eigenvalue weighted by molar-refractivity contribution is -0.169. The molecule has 0 amide bonds. The summed E-state index contributed by atoms with van der Waals surface area (Å²) in [7, 11) is 0. The molecule has 18 heavy (non-hydrogen) atoms. The van der Waals surface area contributed by atoms with E-state index >= 15 is 0 Å². The van der Waals surface area contributed by atoms with Crippen LogP contribution in [0.15, 0.2) is 24.3 Å². The average Bonchev–Trinajstić information content (AvgIpc) is 2.36. The van der Waals surface area contributed by atoms with Gasteiger partial charge in [-0.25, -0.2) is 0 Å². The van der Waals surface area contributed by atoms with Gasteiger partial charge in [0.25, 0.3) is 0 Å². The Balaban J connectivity index is 1.78. The zero-order valence-electron chi connectivity index (χ0n) is 10.6. The number of rotatable bonds is 4. The summed E-state index contributed by atoms with van der Waals surface area (Å²) in [5.41, 5.74) is 1.19. The lowest BCUT2D eigenvalue weighted by Crippen LogP contribution is -2.47. The van der Waals surface area contributed by atoms with E-state index in [4.69, 9.17) is 14.2 Å². The number of ether oxygens (including phenoxy) is 3.